The molecule has 7 heteroatoms. The number of rotatable bonds is 4. The van der Waals surface area contributed by atoms with Gasteiger partial charge in [-0.15, -0.1) is 11.3 Å². The second-order valence-corrected chi connectivity index (χ2v) is 5.88. The highest BCUT2D eigenvalue weighted by Crippen LogP contribution is 2.26. The zero-order chi connectivity index (χ0) is 17.1. The van der Waals surface area contributed by atoms with Gasteiger partial charge in [-0.05, 0) is 35.9 Å². The first-order valence-corrected chi connectivity index (χ1v) is 7.84. The summed E-state index contributed by atoms with van der Waals surface area (Å²) in [5.41, 5.74) is 1.39. The Balaban J connectivity index is 1.69. The van der Waals surface area contributed by atoms with Crippen molar-refractivity contribution in [2.75, 3.05) is 5.32 Å². The molecule has 0 bridgehead atoms. The standard InChI is InChI=1S/C17H11F3N2OS/c18-12-3-1-2-10(6-12)7-16(23)22-17-21-15(9-24-17)11-4-5-13(19)14(20)8-11/h1-6,8-9H,7H2,(H,21,22,23). The predicted molar refractivity (Wildman–Crippen MR) is 86.2 cm³/mol. The lowest BCUT2D eigenvalue weighted by molar-refractivity contribution is -0.115. The van der Waals surface area contributed by atoms with Crippen LogP contribution in [0.25, 0.3) is 11.3 Å². The summed E-state index contributed by atoms with van der Waals surface area (Å²) >= 11 is 1.16. The molecule has 0 aliphatic carbocycles. The van der Waals surface area contributed by atoms with E-state index in [0.29, 0.717) is 22.0 Å². The number of carbonyl (C=O) groups excluding carboxylic acids is 1. The van der Waals surface area contributed by atoms with Gasteiger partial charge in [0.15, 0.2) is 16.8 Å². The van der Waals surface area contributed by atoms with Gasteiger partial charge in [-0.3, -0.25) is 4.79 Å². The van der Waals surface area contributed by atoms with Crippen LogP contribution in [-0.2, 0) is 11.2 Å². The van der Waals surface area contributed by atoms with E-state index in [1.807, 2.05) is 0 Å². The van der Waals surface area contributed by atoms with Crippen LogP contribution in [0.3, 0.4) is 0 Å². The highest BCUT2D eigenvalue weighted by molar-refractivity contribution is 7.14. The molecule has 2 aromatic carbocycles. The Morgan fingerprint density at radius 3 is 2.67 bits per heavy atom. The lowest BCUT2D eigenvalue weighted by Gasteiger charge is -2.02. The first-order valence-electron chi connectivity index (χ1n) is 6.96. The Morgan fingerprint density at radius 2 is 1.92 bits per heavy atom. The Kier molecular flexibility index (Phi) is 4.61. The van der Waals surface area contributed by atoms with Crippen molar-refractivity contribution >= 4 is 22.4 Å². The fourth-order valence-electron chi connectivity index (χ4n) is 2.11. The Hall–Kier alpha value is -2.67. The first kappa shape index (κ1) is 16.2. The summed E-state index contributed by atoms with van der Waals surface area (Å²) in [6.07, 6.45) is 0.0118. The van der Waals surface area contributed by atoms with Crippen LogP contribution < -0.4 is 5.32 Å². The van der Waals surface area contributed by atoms with E-state index in [1.54, 1.807) is 11.4 Å². The maximum absolute atomic E-state index is 13.3. The second-order valence-electron chi connectivity index (χ2n) is 5.02. The molecule has 0 aliphatic rings. The number of aromatic nitrogens is 1. The van der Waals surface area contributed by atoms with Crippen molar-refractivity contribution in [2.45, 2.75) is 6.42 Å². The summed E-state index contributed by atoms with van der Waals surface area (Å²) in [4.78, 5) is 16.1. The van der Waals surface area contributed by atoms with E-state index in [0.717, 1.165) is 23.5 Å². The van der Waals surface area contributed by atoms with Crippen LogP contribution in [0.15, 0.2) is 47.8 Å². The van der Waals surface area contributed by atoms with Gasteiger partial charge in [0, 0.05) is 10.9 Å². The number of thiazole rings is 1. The summed E-state index contributed by atoms with van der Waals surface area (Å²) in [7, 11) is 0. The third kappa shape index (κ3) is 3.80. The van der Waals surface area contributed by atoms with Gasteiger partial charge in [-0.1, -0.05) is 12.1 Å². The molecule has 1 aromatic heterocycles. The molecule has 0 spiro atoms. The second kappa shape index (κ2) is 6.84. The molecule has 3 rings (SSSR count). The zero-order valence-corrected chi connectivity index (χ0v) is 13.0. The molecule has 0 fully saturated rings. The molecule has 3 nitrogen and oxygen atoms in total. The van der Waals surface area contributed by atoms with Crippen LogP contribution in [0.4, 0.5) is 18.3 Å². The highest BCUT2D eigenvalue weighted by atomic mass is 32.1. The molecule has 0 unspecified atom stereocenters. The van der Waals surface area contributed by atoms with Gasteiger partial charge >= 0.3 is 0 Å². The Morgan fingerprint density at radius 1 is 1.08 bits per heavy atom. The van der Waals surface area contributed by atoms with Crippen LogP contribution in [-0.4, -0.2) is 10.9 Å². The SMILES string of the molecule is O=C(Cc1cccc(F)c1)Nc1nc(-c2ccc(F)c(F)c2)cs1. The molecular formula is C17H11F3N2OS. The molecular weight excluding hydrogens is 337 g/mol. The molecule has 3 aromatic rings. The number of hydrogen-bond donors (Lipinski definition) is 1. The van der Waals surface area contributed by atoms with E-state index >= 15 is 0 Å². The summed E-state index contributed by atoms with van der Waals surface area (Å²) in [6, 6.07) is 9.24. The van der Waals surface area contributed by atoms with E-state index in [2.05, 4.69) is 10.3 Å². The fourth-order valence-corrected chi connectivity index (χ4v) is 2.85. The van der Waals surface area contributed by atoms with Crippen LogP contribution >= 0.6 is 11.3 Å². The monoisotopic (exact) mass is 348 g/mol. The smallest absolute Gasteiger partial charge is 0.230 e. The van der Waals surface area contributed by atoms with Gasteiger partial charge in [0.25, 0.3) is 0 Å². The molecule has 0 radical (unpaired) electrons. The maximum Gasteiger partial charge on any atom is 0.230 e. The summed E-state index contributed by atoms with van der Waals surface area (Å²) in [6.45, 7) is 0. The number of anilines is 1. The number of carbonyl (C=O) groups is 1. The largest absolute Gasteiger partial charge is 0.302 e. The zero-order valence-electron chi connectivity index (χ0n) is 12.2. The Bertz CT molecular complexity index is 895. The molecule has 0 saturated carbocycles. The maximum atomic E-state index is 13.3. The number of amides is 1. The number of halogens is 3. The molecule has 24 heavy (non-hydrogen) atoms. The molecule has 1 heterocycles. The Labute approximate surface area is 139 Å². The third-order valence-corrected chi connectivity index (χ3v) is 3.98. The minimum absolute atomic E-state index is 0.0118. The van der Waals surface area contributed by atoms with Crippen molar-refractivity contribution < 1.29 is 18.0 Å². The number of hydrogen-bond acceptors (Lipinski definition) is 3. The van der Waals surface area contributed by atoms with Gasteiger partial charge in [0.2, 0.25) is 5.91 Å². The average Bonchev–Trinajstić information content (AvgIpc) is 2.98. The molecule has 0 atom stereocenters. The quantitative estimate of drug-likeness (QED) is 0.759. The van der Waals surface area contributed by atoms with Crippen molar-refractivity contribution in [1.29, 1.82) is 0 Å². The fraction of sp³-hybridized carbons (Fsp3) is 0.0588. The number of benzene rings is 2. The van der Waals surface area contributed by atoms with E-state index in [-0.39, 0.29) is 12.3 Å². The molecule has 1 amide bonds. The normalized spacial score (nSPS) is 10.6. The van der Waals surface area contributed by atoms with Gasteiger partial charge in [0.05, 0.1) is 12.1 Å². The van der Waals surface area contributed by atoms with Gasteiger partial charge in [0.1, 0.15) is 5.82 Å². The minimum Gasteiger partial charge on any atom is -0.302 e. The molecule has 122 valence electrons. The third-order valence-electron chi connectivity index (χ3n) is 3.22. The topological polar surface area (TPSA) is 42.0 Å². The van der Waals surface area contributed by atoms with Crippen molar-refractivity contribution in [3.05, 3.63) is 70.9 Å². The van der Waals surface area contributed by atoms with E-state index in [4.69, 9.17) is 0 Å². The van der Waals surface area contributed by atoms with Gasteiger partial charge < -0.3 is 5.32 Å². The average molecular weight is 348 g/mol. The van der Waals surface area contributed by atoms with Crippen molar-refractivity contribution in [3.8, 4) is 11.3 Å². The van der Waals surface area contributed by atoms with Crippen molar-refractivity contribution in [2.24, 2.45) is 0 Å². The number of nitrogens with zero attached hydrogens (tertiary/aromatic N) is 1. The van der Waals surface area contributed by atoms with E-state index < -0.39 is 17.5 Å². The lowest BCUT2D eigenvalue weighted by atomic mass is 10.1. The summed E-state index contributed by atoms with van der Waals surface area (Å²) in [5.74, 6) is -2.64. The van der Waals surface area contributed by atoms with Crippen LogP contribution in [0.5, 0.6) is 0 Å². The van der Waals surface area contributed by atoms with Gasteiger partial charge in [-0.25, -0.2) is 18.2 Å². The van der Waals surface area contributed by atoms with E-state index in [9.17, 15) is 18.0 Å². The summed E-state index contributed by atoms with van der Waals surface area (Å²) < 4.78 is 39.3. The van der Waals surface area contributed by atoms with Gasteiger partial charge in [-0.2, -0.15) is 0 Å². The number of nitrogens with one attached hydrogen (secondary N) is 1. The predicted octanol–water partition coefficient (Wildman–Crippen LogP) is 4.41. The van der Waals surface area contributed by atoms with Crippen LogP contribution in [0, 0.1) is 17.5 Å². The molecule has 0 saturated heterocycles. The lowest BCUT2D eigenvalue weighted by Crippen LogP contribution is -2.14. The van der Waals surface area contributed by atoms with Crippen LogP contribution in [0.2, 0.25) is 0 Å². The van der Waals surface area contributed by atoms with Crippen LogP contribution in [0.1, 0.15) is 5.56 Å². The van der Waals surface area contributed by atoms with Crippen molar-refractivity contribution in [3.63, 3.8) is 0 Å². The molecule has 0 aliphatic heterocycles. The molecule has 1 N–H and O–H groups in total. The van der Waals surface area contributed by atoms with E-state index in [1.165, 1.54) is 24.3 Å². The first-order chi connectivity index (χ1) is 11.5. The highest BCUT2D eigenvalue weighted by Gasteiger charge is 2.11. The minimum atomic E-state index is -0.961. The summed E-state index contributed by atoms with van der Waals surface area (Å²) in [5, 5.41) is 4.56. The van der Waals surface area contributed by atoms with Crippen molar-refractivity contribution in [1.82, 2.24) is 4.98 Å².